The number of nitrogens with one attached hydrogen (secondary N) is 3. The molecule has 0 saturated heterocycles. The van der Waals surface area contributed by atoms with E-state index in [1.165, 1.54) is 6.07 Å². The summed E-state index contributed by atoms with van der Waals surface area (Å²) >= 11 is 0. The zero-order valence-corrected chi connectivity index (χ0v) is 31.5. The molecule has 0 radical (unpaired) electrons. The lowest BCUT2D eigenvalue weighted by Crippen LogP contribution is -2.43. The predicted molar refractivity (Wildman–Crippen MR) is 206 cm³/mol. The van der Waals surface area contributed by atoms with Crippen LogP contribution in [0.3, 0.4) is 0 Å². The van der Waals surface area contributed by atoms with E-state index in [0.29, 0.717) is 53.3 Å². The Balaban J connectivity index is 0.00000144. The lowest BCUT2D eigenvalue weighted by atomic mass is 9.97. The Hall–Kier alpha value is -5.47. The topological polar surface area (TPSA) is 155 Å². The largest absolute Gasteiger partial charge is 0.462 e. The third-order valence-electron chi connectivity index (χ3n) is 7.68. The third-order valence-corrected chi connectivity index (χ3v) is 7.68. The number of halogens is 2. The average Bonchev–Trinajstić information content (AvgIpc) is 3.13. The summed E-state index contributed by atoms with van der Waals surface area (Å²) in [6, 6.07) is 14.1. The van der Waals surface area contributed by atoms with E-state index in [4.69, 9.17) is 15.5 Å². The Labute approximate surface area is 310 Å². The second kappa shape index (κ2) is 20.5. The minimum atomic E-state index is -0.934. The first-order valence-corrected chi connectivity index (χ1v) is 17.7. The van der Waals surface area contributed by atoms with Gasteiger partial charge in [-0.3, -0.25) is 4.79 Å². The SMILES string of the molecule is CC.CCCCOC(=O)c1ccc(NC(=O)c2ccc(C)c(-c3nc(NCCN(C)C)nc4c3CNC(=O)N4c3c(F)cccc3F)c2)cc1.CCN. The van der Waals surface area contributed by atoms with Crippen LogP contribution in [0, 0.1) is 18.6 Å². The van der Waals surface area contributed by atoms with Crippen molar-refractivity contribution in [2.45, 2.75) is 54.0 Å². The number of unbranched alkanes of at least 4 members (excludes halogenated alkanes) is 1. The van der Waals surface area contributed by atoms with E-state index in [9.17, 15) is 14.4 Å². The zero-order chi connectivity index (χ0) is 39.1. The van der Waals surface area contributed by atoms with Gasteiger partial charge >= 0.3 is 12.0 Å². The molecule has 1 aromatic heterocycles. The molecule has 0 bridgehead atoms. The van der Waals surface area contributed by atoms with Gasteiger partial charge in [0.25, 0.3) is 5.91 Å². The summed E-state index contributed by atoms with van der Waals surface area (Å²) < 4.78 is 35.3. The number of carbonyl (C=O) groups is 3. The van der Waals surface area contributed by atoms with Gasteiger partial charge in [-0.1, -0.05) is 46.2 Å². The van der Waals surface area contributed by atoms with Crippen molar-refractivity contribution < 1.29 is 27.9 Å². The van der Waals surface area contributed by atoms with Crippen LogP contribution in [0.4, 0.5) is 36.7 Å². The summed E-state index contributed by atoms with van der Waals surface area (Å²) in [5.74, 6) is -2.55. The maximum Gasteiger partial charge on any atom is 0.338 e. The number of urea groups is 1. The molecule has 53 heavy (non-hydrogen) atoms. The summed E-state index contributed by atoms with van der Waals surface area (Å²) in [6.45, 7) is 11.9. The number of para-hydroxylation sites is 1. The van der Waals surface area contributed by atoms with Gasteiger partial charge < -0.3 is 31.3 Å². The fourth-order valence-corrected chi connectivity index (χ4v) is 5.07. The highest BCUT2D eigenvalue weighted by atomic mass is 19.1. The molecule has 4 aromatic rings. The van der Waals surface area contributed by atoms with Gasteiger partial charge in [0.1, 0.15) is 17.3 Å². The van der Waals surface area contributed by atoms with E-state index >= 15 is 8.78 Å². The van der Waals surface area contributed by atoms with Crippen LogP contribution in [0.1, 0.15) is 72.4 Å². The van der Waals surface area contributed by atoms with Gasteiger partial charge in [-0.05, 0) is 88.1 Å². The average molecular weight is 733 g/mol. The quantitative estimate of drug-likeness (QED) is 0.0870. The Morgan fingerprint density at radius 1 is 1.00 bits per heavy atom. The first kappa shape index (κ1) is 41.9. The lowest BCUT2D eigenvalue weighted by Gasteiger charge is -2.31. The van der Waals surface area contributed by atoms with Crippen molar-refractivity contribution in [3.05, 3.63) is 94.6 Å². The number of ether oxygens (including phenoxy) is 1. The summed E-state index contributed by atoms with van der Waals surface area (Å²) in [7, 11) is 3.81. The van der Waals surface area contributed by atoms with Crippen molar-refractivity contribution in [2.75, 3.05) is 55.9 Å². The highest BCUT2D eigenvalue weighted by molar-refractivity contribution is 6.06. The minimum Gasteiger partial charge on any atom is -0.462 e. The first-order valence-electron chi connectivity index (χ1n) is 17.7. The van der Waals surface area contributed by atoms with Gasteiger partial charge in [-0.15, -0.1) is 0 Å². The van der Waals surface area contributed by atoms with Crippen molar-refractivity contribution in [1.82, 2.24) is 20.2 Å². The smallest absolute Gasteiger partial charge is 0.338 e. The van der Waals surface area contributed by atoms with Crippen LogP contribution in [0.25, 0.3) is 11.3 Å². The number of nitrogens with two attached hydrogens (primary N) is 1. The second-order valence-corrected chi connectivity index (χ2v) is 12.0. The number of hydrogen-bond acceptors (Lipinski definition) is 9. The molecular weight excluding hydrogens is 682 g/mol. The van der Waals surface area contributed by atoms with Gasteiger partial charge in [0.05, 0.1) is 24.4 Å². The second-order valence-electron chi connectivity index (χ2n) is 12.0. The van der Waals surface area contributed by atoms with E-state index in [2.05, 4.69) is 20.9 Å². The van der Waals surface area contributed by atoms with E-state index < -0.39 is 35.2 Å². The highest BCUT2D eigenvalue weighted by Gasteiger charge is 2.34. The molecule has 2 heterocycles. The summed E-state index contributed by atoms with van der Waals surface area (Å²) in [4.78, 5) is 51.0. The monoisotopic (exact) mass is 732 g/mol. The van der Waals surface area contributed by atoms with Crippen LogP contribution in [0.2, 0.25) is 0 Å². The fraction of sp³-hybridized carbons (Fsp3) is 0.359. The predicted octanol–water partition coefficient (Wildman–Crippen LogP) is 7.27. The van der Waals surface area contributed by atoms with Gasteiger partial charge in [0, 0.05) is 35.5 Å². The molecule has 12 nitrogen and oxygen atoms in total. The Kier molecular flexibility index (Phi) is 16.3. The minimum absolute atomic E-state index is 0.0164. The Bertz CT molecular complexity index is 1830. The molecule has 14 heteroatoms. The number of esters is 1. The molecule has 5 rings (SSSR count). The molecule has 5 N–H and O–H groups in total. The van der Waals surface area contributed by atoms with E-state index in [0.717, 1.165) is 42.0 Å². The number of aryl methyl sites for hydroxylation is 1. The number of likely N-dealkylation sites (N-methyl/N-ethyl adjacent to an activating group) is 1. The number of amides is 3. The van der Waals surface area contributed by atoms with Gasteiger partial charge in [0.15, 0.2) is 5.82 Å². The summed E-state index contributed by atoms with van der Waals surface area (Å²) in [5, 5.41) is 8.67. The molecule has 0 saturated carbocycles. The van der Waals surface area contributed by atoms with Crippen LogP contribution in [0.5, 0.6) is 0 Å². The number of fused-ring (bicyclic) bond motifs is 1. The molecule has 0 unspecified atom stereocenters. The van der Waals surface area contributed by atoms with E-state index in [1.807, 2.05) is 53.6 Å². The van der Waals surface area contributed by atoms with Crippen molar-refractivity contribution in [3.63, 3.8) is 0 Å². The third kappa shape index (κ3) is 11.0. The molecule has 0 fully saturated rings. The number of benzene rings is 3. The van der Waals surface area contributed by atoms with Crippen LogP contribution < -0.4 is 26.6 Å². The number of nitrogens with zero attached hydrogens (tertiary/aromatic N) is 4. The van der Waals surface area contributed by atoms with Crippen LogP contribution >= 0.6 is 0 Å². The Morgan fingerprint density at radius 2 is 1.64 bits per heavy atom. The van der Waals surface area contributed by atoms with Gasteiger partial charge in [0.2, 0.25) is 5.95 Å². The van der Waals surface area contributed by atoms with E-state index in [1.54, 1.807) is 42.5 Å². The van der Waals surface area contributed by atoms with Gasteiger partial charge in [-0.2, -0.15) is 4.98 Å². The maximum absolute atomic E-state index is 15.0. The highest BCUT2D eigenvalue weighted by Crippen LogP contribution is 2.39. The summed E-state index contributed by atoms with van der Waals surface area (Å²) in [5.41, 5.74) is 7.57. The molecule has 3 amide bonds. The maximum atomic E-state index is 15.0. The molecule has 0 aliphatic carbocycles. The summed E-state index contributed by atoms with van der Waals surface area (Å²) in [6.07, 6.45) is 1.69. The molecule has 1 aliphatic rings. The van der Waals surface area contributed by atoms with Crippen LogP contribution in [-0.2, 0) is 11.3 Å². The zero-order valence-electron chi connectivity index (χ0n) is 31.5. The Morgan fingerprint density at radius 3 is 2.26 bits per heavy atom. The molecule has 284 valence electrons. The lowest BCUT2D eigenvalue weighted by molar-refractivity contribution is 0.0499. The van der Waals surface area contributed by atoms with Gasteiger partial charge in [-0.25, -0.2) is 28.3 Å². The van der Waals surface area contributed by atoms with Crippen LogP contribution in [-0.4, -0.2) is 73.1 Å². The number of hydrogen-bond donors (Lipinski definition) is 4. The number of anilines is 4. The fourth-order valence-electron chi connectivity index (χ4n) is 5.07. The van der Waals surface area contributed by atoms with Crippen LogP contribution in [0.15, 0.2) is 60.7 Å². The van der Waals surface area contributed by atoms with Crippen molar-refractivity contribution in [1.29, 1.82) is 0 Å². The van der Waals surface area contributed by atoms with Crippen molar-refractivity contribution in [2.24, 2.45) is 5.73 Å². The molecule has 3 aromatic carbocycles. The van der Waals surface area contributed by atoms with Crippen molar-refractivity contribution >= 4 is 41.0 Å². The number of aromatic nitrogens is 2. The molecule has 0 atom stereocenters. The van der Waals surface area contributed by atoms with Crippen molar-refractivity contribution in [3.8, 4) is 11.3 Å². The standard InChI is InChI=1S/C35H37F2N7O4.C2H7N.C2H6/c1-5-6-18-48-33(46)22-12-14-24(15-13-22)40-32(45)23-11-10-21(2)25(19-23)29-26-20-39-35(47)44(30-27(36)8-7-9-28(30)37)31(26)42-34(41-29)38-16-17-43(3)4;1-2-3;1-2/h7-15,19H,5-6,16-18,20H2,1-4H3,(H,39,47)(H,40,45)(H,38,41,42);2-3H2,1H3;1-2H3. The molecule has 1 aliphatic heterocycles. The molecule has 0 spiro atoms. The molecular formula is C39H50F2N8O4. The first-order chi connectivity index (χ1) is 25.5. The normalized spacial score (nSPS) is 11.7. The number of rotatable bonds is 12. The number of carbonyl (C=O) groups excluding carboxylic acids is 3. The van der Waals surface area contributed by atoms with E-state index in [-0.39, 0.29) is 18.3 Å².